The number of allylic oxidation sites excluding steroid dienone is 5. The molecule has 328 valence electrons. The van der Waals surface area contributed by atoms with Gasteiger partial charge in [-0.2, -0.15) is 0 Å². The van der Waals surface area contributed by atoms with Crippen LogP contribution in [0.15, 0.2) is 36.5 Å². The van der Waals surface area contributed by atoms with Crippen molar-refractivity contribution in [3.05, 3.63) is 36.5 Å². The van der Waals surface area contributed by atoms with Crippen LogP contribution in [0.3, 0.4) is 0 Å². The highest BCUT2D eigenvalue weighted by Gasteiger charge is 2.51. The minimum atomic E-state index is -5.14. The average Bonchev–Trinajstić information content (AvgIpc) is 3.17. The number of rotatable bonds is 34. The predicted octanol–water partition coefficient (Wildman–Crippen LogP) is 6.19. The van der Waals surface area contributed by atoms with Gasteiger partial charge in [0.05, 0.1) is 31.3 Å². The molecule has 0 spiro atoms. The van der Waals surface area contributed by atoms with Gasteiger partial charge in [-0.25, -0.2) is 4.57 Å². The van der Waals surface area contributed by atoms with Crippen LogP contribution in [0, 0.1) is 0 Å². The van der Waals surface area contributed by atoms with Gasteiger partial charge in [-0.15, -0.1) is 0 Å². The Kier molecular flexibility index (Phi) is 30.4. The second-order valence-corrected chi connectivity index (χ2v) is 16.8. The van der Waals surface area contributed by atoms with Crippen LogP contribution in [0.2, 0.25) is 0 Å². The van der Waals surface area contributed by atoms with Gasteiger partial charge >= 0.3 is 7.82 Å². The Hall–Kier alpha value is -1.48. The molecule has 0 bridgehead atoms. The number of unbranched alkanes of at least 4 members (excludes halogenated alkanes) is 17. The smallest absolute Gasteiger partial charge is 0.393 e. The maximum Gasteiger partial charge on any atom is 0.472 e. The number of hydrogen-bond donors (Lipinski definition) is 9. The third-order valence-corrected chi connectivity index (χ3v) is 11.2. The lowest BCUT2D eigenvalue weighted by molar-refractivity contribution is -0.220. The summed E-state index contributed by atoms with van der Waals surface area (Å²) >= 11 is 0. The normalized spacial score (nSPS) is 24.5. The van der Waals surface area contributed by atoms with Crippen molar-refractivity contribution in [2.75, 3.05) is 6.61 Å². The molecular formula is C42H78NO12P. The van der Waals surface area contributed by atoms with E-state index in [1.54, 1.807) is 6.08 Å². The number of amides is 1. The molecule has 8 unspecified atom stereocenters. The van der Waals surface area contributed by atoms with Crippen LogP contribution in [0.5, 0.6) is 0 Å². The SMILES string of the molecule is CCC/C=C/CC/C=C/CC/C=C/C(O)C(COP(=O)(O)OC1C(O)C(O)C(O)C(O)C1O)NC(=O)CC(O)CCCCCCCCCCCCCCCCC. The largest absolute Gasteiger partial charge is 0.472 e. The predicted molar refractivity (Wildman–Crippen MR) is 220 cm³/mol. The first-order chi connectivity index (χ1) is 26.8. The standard InChI is InChI=1S/C42H78NO12P/c1-3-5-7-9-11-13-15-16-17-18-20-21-23-25-27-29-33(44)31-36(46)43-34(35(45)30-28-26-24-22-19-14-12-10-8-6-4-2)32-54-56(52,53)55-42-40(50)38(48)37(47)39(49)41(42)51/h8,10,19,22,28,30,33-35,37-42,44-45,47-51H,3-7,9,11-18,20-21,23-27,29,31-32H2,1-2H3,(H,43,46)(H,52,53)/b10-8+,22-19+,30-28+. The Morgan fingerprint density at radius 2 is 1.05 bits per heavy atom. The number of hydrogen-bond acceptors (Lipinski definition) is 11. The van der Waals surface area contributed by atoms with Crippen LogP contribution < -0.4 is 5.32 Å². The van der Waals surface area contributed by atoms with Gasteiger partial charge in [0.2, 0.25) is 5.91 Å². The van der Waals surface area contributed by atoms with Gasteiger partial charge in [0.25, 0.3) is 0 Å². The number of carbonyl (C=O) groups is 1. The van der Waals surface area contributed by atoms with Crippen LogP contribution in [0.4, 0.5) is 0 Å². The molecular weight excluding hydrogens is 741 g/mol. The van der Waals surface area contributed by atoms with E-state index < -0.39 is 75.2 Å². The second-order valence-electron chi connectivity index (χ2n) is 15.4. The van der Waals surface area contributed by atoms with E-state index in [0.717, 1.165) is 51.4 Å². The van der Waals surface area contributed by atoms with Crippen molar-refractivity contribution >= 4 is 13.7 Å². The molecule has 1 amide bonds. The second kappa shape index (κ2) is 32.4. The van der Waals surface area contributed by atoms with Gasteiger partial charge in [-0.05, 0) is 38.5 Å². The van der Waals surface area contributed by atoms with Crippen molar-refractivity contribution in [2.24, 2.45) is 0 Å². The molecule has 0 radical (unpaired) electrons. The Morgan fingerprint density at radius 3 is 1.54 bits per heavy atom. The molecule has 0 aliphatic heterocycles. The zero-order valence-electron chi connectivity index (χ0n) is 34.3. The van der Waals surface area contributed by atoms with Crippen molar-refractivity contribution in [3.8, 4) is 0 Å². The number of phosphoric acid groups is 1. The maximum absolute atomic E-state index is 12.9. The first-order valence-electron chi connectivity index (χ1n) is 21.5. The van der Waals surface area contributed by atoms with Crippen molar-refractivity contribution in [1.29, 1.82) is 0 Å². The first-order valence-corrected chi connectivity index (χ1v) is 23.0. The van der Waals surface area contributed by atoms with Crippen LogP contribution in [-0.4, -0.2) is 108 Å². The Labute approximate surface area is 336 Å². The van der Waals surface area contributed by atoms with Crippen molar-refractivity contribution in [1.82, 2.24) is 5.32 Å². The Balaban J connectivity index is 2.59. The lowest BCUT2D eigenvalue weighted by Gasteiger charge is -2.41. The van der Waals surface area contributed by atoms with Gasteiger partial charge in [-0.1, -0.05) is 153 Å². The summed E-state index contributed by atoms with van der Waals surface area (Å²) in [5.74, 6) is -0.609. The zero-order chi connectivity index (χ0) is 41.6. The minimum Gasteiger partial charge on any atom is -0.393 e. The Morgan fingerprint density at radius 1 is 0.625 bits per heavy atom. The molecule has 1 saturated carbocycles. The van der Waals surface area contributed by atoms with Crippen LogP contribution >= 0.6 is 7.82 Å². The highest BCUT2D eigenvalue weighted by Crippen LogP contribution is 2.47. The summed E-state index contributed by atoms with van der Waals surface area (Å²) in [6.07, 6.45) is 21.1. The molecule has 0 aromatic rings. The fraction of sp³-hybridized carbons (Fsp3) is 0.833. The molecule has 0 saturated heterocycles. The van der Waals surface area contributed by atoms with E-state index in [2.05, 4.69) is 37.4 Å². The van der Waals surface area contributed by atoms with Gasteiger partial charge in [0, 0.05) is 0 Å². The lowest BCUT2D eigenvalue weighted by Crippen LogP contribution is -2.64. The fourth-order valence-electron chi connectivity index (χ4n) is 6.63. The molecule has 1 aliphatic carbocycles. The van der Waals surface area contributed by atoms with Crippen molar-refractivity contribution in [2.45, 2.75) is 216 Å². The minimum absolute atomic E-state index is 0.254. The van der Waals surface area contributed by atoms with Crippen LogP contribution in [-0.2, 0) is 18.4 Å². The molecule has 1 rings (SSSR count). The number of carbonyl (C=O) groups excluding carboxylic acids is 1. The molecule has 1 aliphatic rings. The molecule has 0 heterocycles. The maximum atomic E-state index is 12.9. The molecule has 0 aromatic heterocycles. The topological polar surface area (TPSA) is 226 Å². The lowest BCUT2D eigenvalue weighted by atomic mass is 9.85. The quantitative estimate of drug-likeness (QED) is 0.0201. The van der Waals surface area contributed by atoms with E-state index in [0.29, 0.717) is 19.3 Å². The molecule has 8 atom stereocenters. The Bertz CT molecular complexity index is 1110. The average molecular weight is 820 g/mol. The fourth-order valence-corrected chi connectivity index (χ4v) is 7.60. The summed E-state index contributed by atoms with van der Waals surface area (Å²) < 4.78 is 22.8. The summed E-state index contributed by atoms with van der Waals surface area (Å²) in [6.45, 7) is 3.62. The molecule has 14 heteroatoms. The highest BCUT2D eigenvalue weighted by molar-refractivity contribution is 7.47. The molecule has 0 aromatic carbocycles. The highest BCUT2D eigenvalue weighted by atomic mass is 31.2. The van der Waals surface area contributed by atoms with Crippen LogP contribution in [0.25, 0.3) is 0 Å². The summed E-state index contributed by atoms with van der Waals surface area (Å²) in [7, 11) is -5.14. The summed E-state index contributed by atoms with van der Waals surface area (Å²) in [5, 5.41) is 74.2. The number of aliphatic hydroxyl groups excluding tert-OH is 7. The summed E-state index contributed by atoms with van der Waals surface area (Å²) in [5.41, 5.74) is 0. The van der Waals surface area contributed by atoms with Crippen molar-refractivity contribution < 1.29 is 59.0 Å². The molecule has 13 nitrogen and oxygen atoms in total. The molecule has 9 N–H and O–H groups in total. The van der Waals surface area contributed by atoms with Gasteiger partial charge in [-0.3, -0.25) is 13.8 Å². The number of aliphatic hydroxyl groups is 7. The van der Waals surface area contributed by atoms with E-state index >= 15 is 0 Å². The zero-order valence-corrected chi connectivity index (χ0v) is 35.2. The summed E-state index contributed by atoms with van der Waals surface area (Å²) in [6, 6.07) is -1.26. The first kappa shape index (κ1) is 52.5. The van der Waals surface area contributed by atoms with E-state index in [9.17, 15) is 50.0 Å². The molecule has 1 fully saturated rings. The van der Waals surface area contributed by atoms with E-state index in [1.807, 2.05) is 6.08 Å². The van der Waals surface area contributed by atoms with E-state index in [1.165, 1.54) is 76.7 Å². The third-order valence-electron chi connectivity index (χ3n) is 10.2. The van der Waals surface area contributed by atoms with Gasteiger partial charge in [0.1, 0.15) is 36.6 Å². The summed E-state index contributed by atoms with van der Waals surface area (Å²) in [4.78, 5) is 23.3. The number of phosphoric ester groups is 1. The monoisotopic (exact) mass is 820 g/mol. The van der Waals surface area contributed by atoms with E-state index in [-0.39, 0.29) is 6.42 Å². The van der Waals surface area contributed by atoms with Gasteiger partial charge in [0.15, 0.2) is 0 Å². The van der Waals surface area contributed by atoms with Gasteiger partial charge < -0.3 is 46.0 Å². The van der Waals surface area contributed by atoms with Crippen molar-refractivity contribution in [3.63, 3.8) is 0 Å². The third kappa shape index (κ3) is 24.4. The van der Waals surface area contributed by atoms with Crippen LogP contribution in [0.1, 0.15) is 162 Å². The number of nitrogens with one attached hydrogen (secondary N) is 1. The molecule has 56 heavy (non-hydrogen) atoms. The van der Waals surface area contributed by atoms with E-state index in [4.69, 9.17) is 9.05 Å².